The molecule has 0 unspecified atom stereocenters. The highest BCUT2D eigenvalue weighted by Crippen LogP contribution is 2.45. The van der Waals surface area contributed by atoms with Crippen LogP contribution >= 0.6 is 0 Å². The number of aliphatic imine (C=N–C) groups is 1. The molecule has 238 valence electrons. The van der Waals surface area contributed by atoms with Gasteiger partial charge >= 0.3 is 12.0 Å². The standard InChI is InChI=1S/C22H27N3O5.C6H12O7/c1-5-30-19-9-13-14-8-12(26)6-7-17(14)24-20(15(13)10-18(19)27-2)16-11-23-22(29-4)25-21(16)28-3;7-1-2(8)3(9)4(10)5(11)6(12)13/h9-12,14,17,26H,5-8H2,1-4H3;2-5,7-11H,1H2,(H,12,13)/t12-,14-,17-;2-,3+,4+,5+/m10/s1. The van der Waals surface area contributed by atoms with Crippen LogP contribution < -0.4 is 18.9 Å². The van der Waals surface area contributed by atoms with E-state index in [0.717, 1.165) is 29.7 Å². The lowest BCUT2D eigenvalue weighted by atomic mass is 9.74. The molecule has 0 amide bonds. The highest BCUT2D eigenvalue weighted by molar-refractivity contribution is 6.16. The number of methoxy groups -OCH3 is 3. The summed E-state index contributed by atoms with van der Waals surface area (Å²) in [6.07, 6.45) is -4.28. The van der Waals surface area contributed by atoms with E-state index in [2.05, 4.69) is 9.97 Å². The average molecular weight is 610 g/mol. The number of aliphatic carboxylic acids is 1. The number of benzene rings is 1. The summed E-state index contributed by atoms with van der Waals surface area (Å²) < 4.78 is 22.1. The van der Waals surface area contributed by atoms with Crippen molar-refractivity contribution in [2.75, 3.05) is 34.5 Å². The van der Waals surface area contributed by atoms with E-state index in [1.165, 1.54) is 7.11 Å². The van der Waals surface area contributed by atoms with Crippen LogP contribution in [0.5, 0.6) is 23.4 Å². The van der Waals surface area contributed by atoms with Crippen LogP contribution in [0.2, 0.25) is 0 Å². The Labute approximate surface area is 248 Å². The monoisotopic (exact) mass is 609 g/mol. The number of aliphatic hydroxyl groups is 6. The molecule has 4 rings (SSSR count). The minimum atomic E-state index is -2.20. The molecule has 2 aromatic rings. The highest BCUT2D eigenvalue weighted by atomic mass is 16.5. The van der Waals surface area contributed by atoms with Gasteiger partial charge in [-0.3, -0.25) is 4.99 Å². The van der Waals surface area contributed by atoms with Crippen LogP contribution in [0.4, 0.5) is 0 Å². The fourth-order valence-corrected chi connectivity index (χ4v) is 5.02. The number of rotatable bonds is 11. The van der Waals surface area contributed by atoms with Crippen LogP contribution in [0.15, 0.2) is 23.3 Å². The van der Waals surface area contributed by atoms with Gasteiger partial charge in [-0.25, -0.2) is 9.78 Å². The number of hydrogen-bond acceptors (Lipinski definition) is 14. The molecular formula is C28H39N3O12. The number of aliphatic hydroxyl groups excluding tert-OH is 6. The highest BCUT2D eigenvalue weighted by Gasteiger charge is 2.38. The second kappa shape index (κ2) is 15.2. The maximum absolute atomic E-state index is 10.3. The van der Waals surface area contributed by atoms with E-state index < -0.39 is 37.0 Å². The predicted octanol–water partition coefficient (Wildman–Crippen LogP) is -0.744. The van der Waals surface area contributed by atoms with Gasteiger partial charge in [-0.1, -0.05) is 0 Å². The number of carbonyl (C=O) groups is 1. The van der Waals surface area contributed by atoms with Gasteiger partial charge in [0.2, 0.25) is 5.88 Å². The Morgan fingerprint density at radius 1 is 1.00 bits per heavy atom. The summed E-state index contributed by atoms with van der Waals surface area (Å²) in [6, 6.07) is 4.26. The molecule has 15 nitrogen and oxygen atoms in total. The van der Waals surface area contributed by atoms with E-state index in [4.69, 9.17) is 54.6 Å². The van der Waals surface area contributed by atoms with Crippen molar-refractivity contribution in [1.82, 2.24) is 9.97 Å². The third-order valence-corrected chi connectivity index (χ3v) is 7.24. The summed E-state index contributed by atoms with van der Waals surface area (Å²) in [5.41, 5.74) is 3.45. The fraction of sp³-hybridized carbons (Fsp3) is 0.571. The maximum atomic E-state index is 10.3. The molecule has 0 bridgehead atoms. The fourth-order valence-electron chi connectivity index (χ4n) is 5.02. The molecule has 0 radical (unpaired) electrons. The van der Waals surface area contributed by atoms with Crippen molar-refractivity contribution in [2.45, 2.75) is 68.7 Å². The topological polar surface area (TPSA) is 234 Å². The van der Waals surface area contributed by atoms with Crippen LogP contribution in [0, 0.1) is 0 Å². The number of fused-ring (bicyclic) bond motifs is 3. The van der Waals surface area contributed by atoms with E-state index in [1.54, 1.807) is 20.4 Å². The molecule has 2 heterocycles. The lowest BCUT2D eigenvalue weighted by Gasteiger charge is -2.37. The van der Waals surface area contributed by atoms with Gasteiger partial charge in [0.15, 0.2) is 17.6 Å². The first-order chi connectivity index (χ1) is 20.5. The third kappa shape index (κ3) is 7.68. The van der Waals surface area contributed by atoms with Crippen molar-refractivity contribution in [1.29, 1.82) is 0 Å². The molecule has 7 atom stereocenters. The van der Waals surface area contributed by atoms with E-state index >= 15 is 0 Å². The van der Waals surface area contributed by atoms with Gasteiger partial charge in [-0.15, -0.1) is 0 Å². The SMILES string of the molecule is CCOc1cc2c(cc1OC)C(c1cnc(OC)nc1OC)=N[C@@H]1CC[C@@H](O)C[C@H]21.O=C(O)[C@H](O)[C@H](O)[C@H](O)[C@@H](O)CO. The molecule has 43 heavy (non-hydrogen) atoms. The second-order valence-corrected chi connectivity index (χ2v) is 9.94. The van der Waals surface area contributed by atoms with Crippen LogP contribution in [0.1, 0.15) is 48.8 Å². The lowest BCUT2D eigenvalue weighted by Crippen LogP contribution is -2.48. The van der Waals surface area contributed by atoms with Crippen LogP contribution in [0.3, 0.4) is 0 Å². The summed E-state index contributed by atoms with van der Waals surface area (Å²) in [4.78, 5) is 23.8. The molecular weight excluding hydrogens is 570 g/mol. The maximum Gasteiger partial charge on any atom is 0.335 e. The summed E-state index contributed by atoms with van der Waals surface area (Å²) >= 11 is 0. The predicted molar refractivity (Wildman–Crippen MR) is 150 cm³/mol. The van der Waals surface area contributed by atoms with Gasteiger partial charge in [0.05, 0.1) is 58.0 Å². The zero-order valence-corrected chi connectivity index (χ0v) is 24.3. The first-order valence-corrected chi connectivity index (χ1v) is 13.6. The van der Waals surface area contributed by atoms with Gasteiger partial charge in [0, 0.05) is 17.7 Å². The normalized spacial score (nSPS) is 21.8. The molecule has 1 saturated carbocycles. The lowest BCUT2D eigenvalue weighted by molar-refractivity contribution is -0.164. The van der Waals surface area contributed by atoms with E-state index in [-0.39, 0.29) is 24.1 Å². The van der Waals surface area contributed by atoms with Gasteiger partial charge in [-0.05, 0) is 43.9 Å². The molecule has 2 aliphatic rings. The van der Waals surface area contributed by atoms with E-state index in [1.807, 2.05) is 19.1 Å². The summed E-state index contributed by atoms with van der Waals surface area (Å²) in [6.45, 7) is 1.63. The van der Waals surface area contributed by atoms with Crippen molar-refractivity contribution >= 4 is 11.7 Å². The van der Waals surface area contributed by atoms with Crippen LogP contribution in [0.25, 0.3) is 0 Å². The number of ether oxygens (including phenoxy) is 4. The Kier molecular flexibility index (Phi) is 12.0. The molecule has 0 saturated heterocycles. The van der Waals surface area contributed by atoms with Crippen molar-refractivity contribution in [2.24, 2.45) is 4.99 Å². The number of carboxylic acids is 1. The van der Waals surface area contributed by atoms with Crippen molar-refractivity contribution < 1.29 is 59.5 Å². The molecule has 1 aliphatic carbocycles. The van der Waals surface area contributed by atoms with E-state index in [0.29, 0.717) is 36.0 Å². The van der Waals surface area contributed by atoms with Crippen molar-refractivity contribution in [3.05, 3.63) is 35.0 Å². The Balaban J connectivity index is 0.000000331. The van der Waals surface area contributed by atoms with Gasteiger partial charge in [-0.2, -0.15) is 4.98 Å². The largest absolute Gasteiger partial charge is 0.493 e. The number of carboxylic acid groups (broad SMARTS) is 1. The minimum Gasteiger partial charge on any atom is -0.493 e. The molecule has 0 spiro atoms. The molecule has 15 heteroatoms. The quantitative estimate of drug-likeness (QED) is 0.166. The van der Waals surface area contributed by atoms with Crippen LogP contribution in [-0.4, -0.2) is 128 Å². The third-order valence-electron chi connectivity index (χ3n) is 7.24. The zero-order valence-electron chi connectivity index (χ0n) is 24.3. The Hall–Kier alpha value is -3.60. The number of aromatic nitrogens is 2. The van der Waals surface area contributed by atoms with Gasteiger partial charge in [0.25, 0.3) is 0 Å². The first kappa shape index (κ1) is 33.9. The molecule has 7 N–H and O–H groups in total. The molecule has 1 aromatic carbocycles. The molecule has 1 fully saturated rings. The second-order valence-electron chi connectivity index (χ2n) is 9.94. The summed E-state index contributed by atoms with van der Waals surface area (Å²) in [7, 11) is 4.70. The van der Waals surface area contributed by atoms with Crippen LogP contribution in [-0.2, 0) is 4.79 Å². The van der Waals surface area contributed by atoms with Gasteiger partial charge < -0.3 is 54.7 Å². The smallest absolute Gasteiger partial charge is 0.335 e. The minimum absolute atomic E-state index is 0.0607. The zero-order chi connectivity index (χ0) is 31.8. The summed E-state index contributed by atoms with van der Waals surface area (Å²) in [5, 5.41) is 62.1. The van der Waals surface area contributed by atoms with Crippen molar-refractivity contribution in [3.8, 4) is 23.4 Å². The van der Waals surface area contributed by atoms with Crippen molar-refractivity contribution in [3.63, 3.8) is 0 Å². The summed E-state index contributed by atoms with van der Waals surface area (Å²) in [5.74, 6) is 0.108. The Morgan fingerprint density at radius 3 is 2.30 bits per heavy atom. The number of hydrogen-bond donors (Lipinski definition) is 7. The molecule has 1 aromatic heterocycles. The Morgan fingerprint density at radius 2 is 1.72 bits per heavy atom. The first-order valence-electron chi connectivity index (χ1n) is 13.6. The number of nitrogens with zero attached hydrogens (tertiary/aromatic N) is 3. The van der Waals surface area contributed by atoms with E-state index in [9.17, 15) is 9.90 Å². The molecule has 1 aliphatic heterocycles. The average Bonchev–Trinajstić information content (AvgIpc) is 3.02. The Bertz CT molecular complexity index is 1280. The van der Waals surface area contributed by atoms with Gasteiger partial charge in [0.1, 0.15) is 18.3 Å².